The highest BCUT2D eigenvalue weighted by Gasteiger charge is 2.16. The van der Waals surface area contributed by atoms with Gasteiger partial charge in [0.05, 0.1) is 0 Å². The number of guanidine groups is 1. The van der Waals surface area contributed by atoms with Gasteiger partial charge in [-0.15, -0.1) is 34.2 Å². The Morgan fingerprint density at radius 2 is 2.00 bits per heavy atom. The van der Waals surface area contributed by atoms with Crippen molar-refractivity contribution in [2.45, 2.75) is 71.4 Å². The van der Waals surface area contributed by atoms with Crippen LogP contribution < -0.4 is 10.6 Å². The Labute approximate surface area is 157 Å². The molecule has 0 amide bonds. The minimum Gasteiger partial charge on any atom is -0.356 e. The topological polar surface area (TPSA) is 67.1 Å². The van der Waals surface area contributed by atoms with Gasteiger partial charge in [0.1, 0.15) is 12.4 Å². The predicted molar refractivity (Wildman–Crippen MR) is 105 cm³/mol. The van der Waals surface area contributed by atoms with Crippen molar-refractivity contribution in [3.8, 4) is 0 Å². The van der Waals surface area contributed by atoms with Crippen LogP contribution in [0.3, 0.4) is 0 Å². The van der Waals surface area contributed by atoms with E-state index in [0.29, 0.717) is 12.6 Å². The molecule has 0 saturated heterocycles. The fourth-order valence-electron chi connectivity index (χ4n) is 2.74. The molecule has 0 aromatic carbocycles. The number of nitrogens with one attached hydrogen (secondary N) is 2. The lowest BCUT2D eigenvalue weighted by Gasteiger charge is -2.17. The van der Waals surface area contributed by atoms with Crippen LogP contribution in [0.5, 0.6) is 0 Å². The Hall–Kier alpha value is -0.860. The van der Waals surface area contributed by atoms with Crippen LogP contribution in [0.25, 0.3) is 0 Å². The number of unbranched alkanes of at least 4 members (excludes halogenated alkanes) is 2. The summed E-state index contributed by atoms with van der Waals surface area (Å²) in [5.74, 6) is 2.74. The van der Waals surface area contributed by atoms with Crippen LogP contribution in [0.2, 0.25) is 0 Å². The zero-order valence-electron chi connectivity index (χ0n) is 14.6. The molecule has 2 N–H and O–H groups in total. The molecule has 0 bridgehead atoms. The van der Waals surface area contributed by atoms with Crippen LogP contribution in [0.1, 0.15) is 63.5 Å². The summed E-state index contributed by atoms with van der Waals surface area (Å²) in [5, 5.41) is 15.3. The summed E-state index contributed by atoms with van der Waals surface area (Å²) in [5.41, 5.74) is 0. The first-order chi connectivity index (χ1) is 10.7. The van der Waals surface area contributed by atoms with E-state index < -0.39 is 0 Å². The number of rotatable bonds is 7. The summed E-state index contributed by atoms with van der Waals surface area (Å²) < 4.78 is 1.99. The van der Waals surface area contributed by atoms with Gasteiger partial charge < -0.3 is 15.2 Å². The maximum absolute atomic E-state index is 4.70. The van der Waals surface area contributed by atoms with Gasteiger partial charge in [0.2, 0.25) is 0 Å². The maximum Gasteiger partial charge on any atom is 0.191 e. The number of aromatic nitrogens is 3. The average Bonchev–Trinajstić information content (AvgIpc) is 3.13. The molecule has 23 heavy (non-hydrogen) atoms. The van der Waals surface area contributed by atoms with E-state index in [-0.39, 0.29) is 24.0 Å². The van der Waals surface area contributed by atoms with Crippen molar-refractivity contribution in [3.63, 3.8) is 0 Å². The molecule has 6 nitrogen and oxygen atoms in total. The molecule has 1 heterocycles. The first kappa shape index (κ1) is 20.2. The van der Waals surface area contributed by atoms with Crippen molar-refractivity contribution in [3.05, 3.63) is 11.6 Å². The number of nitrogens with zero attached hydrogens (tertiary/aromatic N) is 4. The van der Waals surface area contributed by atoms with Gasteiger partial charge in [-0.05, 0) is 26.2 Å². The first-order valence-electron chi connectivity index (χ1n) is 8.60. The third kappa shape index (κ3) is 6.64. The molecule has 0 atom stereocenters. The van der Waals surface area contributed by atoms with Crippen molar-refractivity contribution in [2.24, 2.45) is 12.0 Å². The summed E-state index contributed by atoms with van der Waals surface area (Å²) in [4.78, 5) is 4.70. The van der Waals surface area contributed by atoms with Crippen LogP contribution in [0.15, 0.2) is 4.99 Å². The van der Waals surface area contributed by atoms with E-state index in [4.69, 9.17) is 4.99 Å². The van der Waals surface area contributed by atoms with Crippen LogP contribution in [-0.2, 0) is 13.6 Å². The molecule has 1 saturated carbocycles. The van der Waals surface area contributed by atoms with E-state index in [1.165, 1.54) is 44.9 Å². The summed E-state index contributed by atoms with van der Waals surface area (Å²) in [6.07, 6.45) is 8.82. The van der Waals surface area contributed by atoms with Gasteiger partial charge in [0.15, 0.2) is 11.8 Å². The van der Waals surface area contributed by atoms with Crippen LogP contribution in [-0.4, -0.2) is 33.3 Å². The molecule has 132 valence electrons. The van der Waals surface area contributed by atoms with E-state index in [1.54, 1.807) is 0 Å². The lowest BCUT2D eigenvalue weighted by molar-refractivity contribution is 0.602. The number of aryl methyl sites for hydroxylation is 1. The lowest BCUT2D eigenvalue weighted by Crippen LogP contribution is -2.42. The standard InChI is InChI=1S/C16H30N6.HI/c1-4-5-8-11-17-16(19-14-9-6-7-10-14)18-12-15-21-20-13(2)22(15)3;/h14H,4-12H2,1-3H3,(H2,17,18,19);1H. The molecule has 1 aromatic rings. The second-order valence-electron chi connectivity index (χ2n) is 6.15. The molecular weight excluding hydrogens is 403 g/mol. The van der Waals surface area contributed by atoms with Crippen molar-refractivity contribution < 1.29 is 0 Å². The fraction of sp³-hybridized carbons (Fsp3) is 0.812. The fourth-order valence-corrected chi connectivity index (χ4v) is 2.74. The van der Waals surface area contributed by atoms with Crippen molar-refractivity contribution in [2.75, 3.05) is 6.54 Å². The smallest absolute Gasteiger partial charge is 0.191 e. The molecule has 1 aliphatic rings. The third-order valence-electron chi connectivity index (χ3n) is 4.33. The molecule has 2 rings (SSSR count). The lowest BCUT2D eigenvalue weighted by atomic mass is 10.2. The molecule has 1 aromatic heterocycles. The summed E-state index contributed by atoms with van der Waals surface area (Å²) in [6.45, 7) is 5.72. The van der Waals surface area contributed by atoms with E-state index in [1.807, 2.05) is 18.5 Å². The highest BCUT2D eigenvalue weighted by Crippen LogP contribution is 2.17. The second kappa shape index (κ2) is 10.8. The Morgan fingerprint density at radius 1 is 1.26 bits per heavy atom. The maximum atomic E-state index is 4.70. The SMILES string of the molecule is CCCCCNC(=NCc1nnc(C)n1C)NC1CCCC1.I. The first-order valence-corrected chi connectivity index (χ1v) is 8.60. The third-order valence-corrected chi connectivity index (χ3v) is 4.33. The molecule has 0 radical (unpaired) electrons. The molecule has 0 aliphatic heterocycles. The number of halogens is 1. The van der Waals surface area contributed by atoms with E-state index in [0.717, 1.165) is 24.2 Å². The van der Waals surface area contributed by atoms with Gasteiger partial charge in [-0.25, -0.2) is 4.99 Å². The normalized spacial score (nSPS) is 15.5. The van der Waals surface area contributed by atoms with Crippen LogP contribution in [0.4, 0.5) is 0 Å². The van der Waals surface area contributed by atoms with Gasteiger partial charge in [0, 0.05) is 19.6 Å². The molecule has 0 unspecified atom stereocenters. The molecule has 0 spiro atoms. The second-order valence-corrected chi connectivity index (χ2v) is 6.15. The van der Waals surface area contributed by atoms with Gasteiger partial charge in [-0.2, -0.15) is 0 Å². The zero-order valence-corrected chi connectivity index (χ0v) is 17.0. The van der Waals surface area contributed by atoms with E-state index in [2.05, 4.69) is 27.8 Å². The zero-order chi connectivity index (χ0) is 15.8. The van der Waals surface area contributed by atoms with Crippen LogP contribution >= 0.6 is 24.0 Å². The molecule has 1 fully saturated rings. The molecule has 7 heteroatoms. The van der Waals surface area contributed by atoms with Gasteiger partial charge in [-0.3, -0.25) is 0 Å². The number of aliphatic imine (C=N–C) groups is 1. The quantitative estimate of drug-likeness (QED) is 0.300. The van der Waals surface area contributed by atoms with E-state index in [9.17, 15) is 0 Å². The number of hydrogen-bond acceptors (Lipinski definition) is 3. The van der Waals surface area contributed by atoms with Crippen molar-refractivity contribution in [1.82, 2.24) is 25.4 Å². The van der Waals surface area contributed by atoms with Gasteiger partial charge >= 0.3 is 0 Å². The minimum atomic E-state index is 0. The largest absolute Gasteiger partial charge is 0.356 e. The number of hydrogen-bond donors (Lipinski definition) is 2. The Kier molecular flexibility index (Phi) is 9.50. The Bertz CT molecular complexity index is 479. The summed E-state index contributed by atoms with van der Waals surface area (Å²) in [6, 6.07) is 0.568. The Balaban J connectivity index is 0.00000264. The minimum absolute atomic E-state index is 0. The summed E-state index contributed by atoms with van der Waals surface area (Å²) >= 11 is 0. The van der Waals surface area contributed by atoms with E-state index >= 15 is 0 Å². The highest BCUT2D eigenvalue weighted by atomic mass is 127. The average molecular weight is 434 g/mol. The van der Waals surface area contributed by atoms with Gasteiger partial charge in [0.25, 0.3) is 0 Å². The highest BCUT2D eigenvalue weighted by molar-refractivity contribution is 14.0. The van der Waals surface area contributed by atoms with Crippen molar-refractivity contribution >= 4 is 29.9 Å². The predicted octanol–water partition coefficient (Wildman–Crippen LogP) is 2.91. The molecule has 1 aliphatic carbocycles. The monoisotopic (exact) mass is 434 g/mol. The van der Waals surface area contributed by atoms with Crippen molar-refractivity contribution in [1.29, 1.82) is 0 Å². The van der Waals surface area contributed by atoms with Crippen LogP contribution in [0, 0.1) is 6.92 Å². The van der Waals surface area contributed by atoms with Gasteiger partial charge in [-0.1, -0.05) is 32.6 Å². The molecular formula is C16H31IN6. The Morgan fingerprint density at radius 3 is 2.61 bits per heavy atom. The summed E-state index contributed by atoms with van der Waals surface area (Å²) in [7, 11) is 1.99.